The van der Waals surface area contributed by atoms with Gasteiger partial charge in [0, 0.05) is 11.8 Å². The lowest BCUT2D eigenvalue weighted by atomic mass is 9.45. The molecule has 24 heavy (non-hydrogen) atoms. The third kappa shape index (κ3) is 1.83. The van der Waals surface area contributed by atoms with Gasteiger partial charge in [0.1, 0.15) is 0 Å². The lowest BCUT2D eigenvalue weighted by Gasteiger charge is -2.60. The van der Waals surface area contributed by atoms with Crippen molar-refractivity contribution < 1.29 is 15.0 Å². The first-order chi connectivity index (χ1) is 11.2. The lowest BCUT2D eigenvalue weighted by Crippen LogP contribution is -2.59. The molecule has 4 aliphatic rings. The number of nitrogens with zero attached hydrogens (tertiary/aromatic N) is 1. The molecule has 0 aliphatic heterocycles. The minimum atomic E-state index is -1.32. The quantitative estimate of drug-likeness (QED) is 0.670. The molecule has 3 saturated carbocycles. The summed E-state index contributed by atoms with van der Waals surface area (Å²) in [6.45, 7) is 4.23. The number of allylic oxidation sites excluding steroid dienone is 1. The van der Waals surface area contributed by atoms with Gasteiger partial charge in [-0.25, -0.2) is 0 Å². The molecule has 0 saturated heterocycles. The highest BCUT2D eigenvalue weighted by Gasteiger charge is 2.66. The standard InChI is InChI=1S/C20H27NO3/c1-18-7-5-13(22)9-12(18)3-4-14-15-6-8-20(24,11-21)19(15,2)10-16(23)17(14)18/h9,14-17,23-24H,3-8,10H2,1-2H3/t14-,15+,16+,17+,18+,19+,20+/m1/s1. The average molecular weight is 329 g/mol. The Bertz CT molecular complexity index is 664. The summed E-state index contributed by atoms with van der Waals surface area (Å²) >= 11 is 0. The number of ketones is 1. The maximum absolute atomic E-state index is 11.9. The molecule has 130 valence electrons. The van der Waals surface area contributed by atoms with Crippen molar-refractivity contribution in [1.82, 2.24) is 0 Å². The number of carbonyl (C=O) groups excluding carboxylic acids is 1. The van der Waals surface area contributed by atoms with Gasteiger partial charge in [0.2, 0.25) is 0 Å². The number of aliphatic hydroxyl groups excluding tert-OH is 1. The third-order valence-electron chi connectivity index (χ3n) is 8.23. The number of hydrogen-bond acceptors (Lipinski definition) is 4. The zero-order chi connectivity index (χ0) is 17.3. The van der Waals surface area contributed by atoms with Crippen molar-refractivity contribution in [1.29, 1.82) is 5.26 Å². The normalized spacial score (nSPS) is 53.5. The van der Waals surface area contributed by atoms with E-state index in [1.807, 2.05) is 13.0 Å². The summed E-state index contributed by atoms with van der Waals surface area (Å²) in [6.07, 6.45) is 6.44. The van der Waals surface area contributed by atoms with Gasteiger partial charge in [-0.05, 0) is 67.8 Å². The van der Waals surface area contributed by atoms with Gasteiger partial charge in [0.25, 0.3) is 0 Å². The van der Waals surface area contributed by atoms with Crippen LogP contribution in [-0.2, 0) is 4.79 Å². The van der Waals surface area contributed by atoms with Crippen LogP contribution in [0, 0.1) is 39.9 Å². The van der Waals surface area contributed by atoms with Crippen molar-refractivity contribution in [2.75, 3.05) is 0 Å². The molecule has 0 heterocycles. The van der Waals surface area contributed by atoms with Crippen molar-refractivity contribution >= 4 is 5.78 Å². The van der Waals surface area contributed by atoms with E-state index in [1.54, 1.807) is 0 Å². The van der Waals surface area contributed by atoms with Gasteiger partial charge >= 0.3 is 0 Å². The van der Waals surface area contributed by atoms with Crippen LogP contribution in [0.1, 0.15) is 58.8 Å². The van der Waals surface area contributed by atoms with Crippen LogP contribution in [0.15, 0.2) is 11.6 Å². The van der Waals surface area contributed by atoms with E-state index in [1.165, 1.54) is 5.57 Å². The van der Waals surface area contributed by atoms with Crippen molar-refractivity contribution in [3.63, 3.8) is 0 Å². The van der Waals surface area contributed by atoms with Crippen LogP contribution in [0.3, 0.4) is 0 Å². The maximum atomic E-state index is 11.9. The summed E-state index contributed by atoms with van der Waals surface area (Å²) in [5.74, 6) is 0.975. The molecule has 4 aliphatic carbocycles. The molecular weight excluding hydrogens is 302 g/mol. The molecule has 0 bridgehead atoms. The smallest absolute Gasteiger partial charge is 0.156 e. The molecule has 0 radical (unpaired) electrons. The van der Waals surface area contributed by atoms with E-state index in [9.17, 15) is 20.3 Å². The third-order valence-corrected chi connectivity index (χ3v) is 8.23. The number of rotatable bonds is 0. The summed E-state index contributed by atoms with van der Waals surface area (Å²) in [5.41, 5.74) is -0.727. The molecule has 3 fully saturated rings. The fraction of sp³-hybridized carbons (Fsp3) is 0.800. The van der Waals surface area contributed by atoms with Crippen LogP contribution in [0.4, 0.5) is 0 Å². The predicted molar refractivity (Wildman–Crippen MR) is 88.7 cm³/mol. The highest BCUT2D eigenvalue weighted by molar-refractivity contribution is 5.91. The van der Waals surface area contributed by atoms with E-state index in [0.29, 0.717) is 25.2 Å². The minimum absolute atomic E-state index is 0.106. The average Bonchev–Trinajstić information content (AvgIpc) is 2.79. The Hall–Kier alpha value is -1.18. The van der Waals surface area contributed by atoms with Crippen molar-refractivity contribution in [3.05, 3.63) is 11.6 Å². The first-order valence-corrected chi connectivity index (χ1v) is 9.31. The second-order valence-corrected chi connectivity index (χ2v) is 9.09. The summed E-state index contributed by atoms with van der Waals surface area (Å²) < 4.78 is 0. The number of carbonyl (C=O) groups is 1. The van der Waals surface area contributed by atoms with Crippen LogP contribution >= 0.6 is 0 Å². The second kappa shape index (κ2) is 4.93. The Balaban J connectivity index is 1.76. The van der Waals surface area contributed by atoms with Gasteiger partial charge in [0.15, 0.2) is 11.4 Å². The summed E-state index contributed by atoms with van der Waals surface area (Å²) in [5, 5.41) is 31.5. The lowest BCUT2D eigenvalue weighted by molar-refractivity contribution is -0.156. The molecule has 0 spiro atoms. The second-order valence-electron chi connectivity index (χ2n) is 9.09. The molecule has 4 rings (SSSR count). The monoisotopic (exact) mass is 329 g/mol. The molecule has 0 aromatic rings. The van der Waals surface area contributed by atoms with Gasteiger partial charge in [-0.1, -0.05) is 19.4 Å². The van der Waals surface area contributed by atoms with Gasteiger partial charge in [-0.2, -0.15) is 5.26 Å². The van der Waals surface area contributed by atoms with E-state index in [4.69, 9.17) is 0 Å². The Morgan fingerprint density at radius 1 is 1.25 bits per heavy atom. The van der Waals surface area contributed by atoms with Crippen LogP contribution in [0.5, 0.6) is 0 Å². The Labute approximate surface area is 143 Å². The van der Waals surface area contributed by atoms with E-state index >= 15 is 0 Å². The van der Waals surface area contributed by atoms with Crippen molar-refractivity contribution in [3.8, 4) is 6.07 Å². The van der Waals surface area contributed by atoms with Crippen molar-refractivity contribution in [2.45, 2.75) is 70.5 Å². The molecule has 0 aromatic carbocycles. The minimum Gasteiger partial charge on any atom is -0.393 e. The fourth-order valence-electron chi connectivity index (χ4n) is 6.88. The van der Waals surface area contributed by atoms with Crippen LogP contribution in [-0.4, -0.2) is 27.7 Å². The molecule has 4 heteroatoms. The summed E-state index contributed by atoms with van der Waals surface area (Å²) in [4.78, 5) is 11.9. The highest BCUT2D eigenvalue weighted by atomic mass is 16.3. The Kier molecular flexibility index (Phi) is 3.34. The van der Waals surface area contributed by atoms with Crippen LogP contribution in [0.2, 0.25) is 0 Å². The van der Waals surface area contributed by atoms with E-state index < -0.39 is 17.1 Å². The van der Waals surface area contributed by atoms with Crippen molar-refractivity contribution in [2.24, 2.45) is 28.6 Å². The van der Waals surface area contributed by atoms with E-state index in [-0.39, 0.29) is 23.0 Å². The zero-order valence-corrected chi connectivity index (χ0v) is 14.6. The topological polar surface area (TPSA) is 81.3 Å². The van der Waals surface area contributed by atoms with E-state index in [0.717, 1.165) is 25.7 Å². The summed E-state index contributed by atoms with van der Waals surface area (Å²) in [7, 11) is 0. The highest BCUT2D eigenvalue weighted by Crippen LogP contribution is 2.67. The largest absolute Gasteiger partial charge is 0.393 e. The molecule has 4 nitrogen and oxygen atoms in total. The zero-order valence-electron chi connectivity index (χ0n) is 14.6. The molecule has 7 atom stereocenters. The summed E-state index contributed by atoms with van der Waals surface area (Å²) in [6, 6.07) is 2.16. The molecule has 2 N–H and O–H groups in total. The Morgan fingerprint density at radius 3 is 2.71 bits per heavy atom. The first kappa shape index (κ1) is 16.3. The Morgan fingerprint density at radius 2 is 2.00 bits per heavy atom. The molecule has 0 unspecified atom stereocenters. The SMILES string of the molecule is C[C@]12CCC(=O)C=C1CC[C@H]1[C@H]2[C@@H](O)C[C@@]2(C)[C@H]1CC[C@]2(O)C#N. The number of aliphatic hydroxyl groups is 2. The number of nitriles is 1. The number of fused-ring (bicyclic) bond motifs is 5. The number of hydrogen-bond donors (Lipinski definition) is 2. The molecular formula is C20H27NO3. The predicted octanol–water partition coefficient (Wildman–Crippen LogP) is 2.74. The van der Waals surface area contributed by atoms with Crippen LogP contribution < -0.4 is 0 Å². The molecule has 0 aromatic heterocycles. The first-order valence-electron chi connectivity index (χ1n) is 9.31. The fourth-order valence-corrected chi connectivity index (χ4v) is 6.88. The van der Waals surface area contributed by atoms with Crippen LogP contribution in [0.25, 0.3) is 0 Å². The van der Waals surface area contributed by atoms with Gasteiger partial charge in [-0.15, -0.1) is 0 Å². The van der Waals surface area contributed by atoms with E-state index in [2.05, 4.69) is 13.0 Å². The molecule has 0 amide bonds. The van der Waals surface area contributed by atoms with Gasteiger partial charge < -0.3 is 10.2 Å². The van der Waals surface area contributed by atoms with Gasteiger partial charge in [-0.3, -0.25) is 4.79 Å². The van der Waals surface area contributed by atoms with Gasteiger partial charge in [0.05, 0.1) is 12.2 Å². The maximum Gasteiger partial charge on any atom is 0.156 e.